The fourth-order valence-corrected chi connectivity index (χ4v) is 3.19. The second-order valence-electron chi connectivity index (χ2n) is 5.92. The van der Waals surface area contributed by atoms with Crippen molar-refractivity contribution in [1.82, 2.24) is 0 Å². The second-order valence-corrected chi connectivity index (χ2v) is 5.92. The first-order chi connectivity index (χ1) is 9.12. The minimum Gasteiger partial charge on any atom is -0.323 e. The van der Waals surface area contributed by atoms with Crippen LogP contribution in [-0.4, -0.2) is 0 Å². The van der Waals surface area contributed by atoms with E-state index in [2.05, 4.69) is 62.4 Å². The third kappa shape index (κ3) is 2.19. The average Bonchev–Trinajstić information content (AvgIpc) is 3.19. The fourth-order valence-electron chi connectivity index (χ4n) is 3.19. The first-order valence-electron chi connectivity index (χ1n) is 7.01. The molecule has 0 saturated heterocycles. The van der Waals surface area contributed by atoms with Crippen LogP contribution in [-0.2, 0) is 5.41 Å². The lowest BCUT2D eigenvalue weighted by atomic mass is 9.83. The van der Waals surface area contributed by atoms with Crippen molar-refractivity contribution >= 4 is 0 Å². The average molecular weight is 251 g/mol. The molecule has 2 N–H and O–H groups in total. The normalized spacial score (nSPS) is 18.1. The smallest absolute Gasteiger partial charge is 0.0393 e. The molecule has 98 valence electrons. The van der Waals surface area contributed by atoms with Gasteiger partial charge in [-0.1, -0.05) is 59.7 Å². The molecule has 1 aliphatic carbocycles. The lowest BCUT2D eigenvalue weighted by Gasteiger charge is -2.25. The summed E-state index contributed by atoms with van der Waals surface area (Å²) in [5.41, 5.74) is 12.0. The van der Waals surface area contributed by atoms with Gasteiger partial charge >= 0.3 is 0 Å². The summed E-state index contributed by atoms with van der Waals surface area (Å²) in [4.78, 5) is 0. The maximum absolute atomic E-state index is 6.61. The lowest BCUT2D eigenvalue weighted by Crippen LogP contribution is -2.26. The molecule has 0 aliphatic heterocycles. The highest BCUT2D eigenvalue weighted by atomic mass is 14.7. The number of benzene rings is 2. The second kappa shape index (κ2) is 4.50. The van der Waals surface area contributed by atoms with Crippen molar-refractivity contribution in [2.75, 3.05) is 0 Å². The molecule has 1 heteroatoms. The molecule has 0 bridgehead atoms. The summed E-state index contributed by atoms with van der Waals surface area (Å²) in [6, 6.07) is 17.5. The SMILES string of the molecule is Cc1cc(C)cc(C(N)C2(c3ccccc3)CC2)c1. The summed E-state index contributed by atoms with van der Waals surface area (Å²) >= 11 is 0. The monoisotopic (exact) mass is 251 g/mol. The zero-order valence-electron chi connectivity index (χ0n) is 11.7. The minimum atomic E-state index is 0.105. The van der Waals surface area contributed by atoms with E-state index in [0.717, 1.165) is 0 Å². The van der Waals surface area contributed by atoms with Gasteiger partial charge in [-0.25, -0.2) is 0 Å². The Morgan fingerprint density at radius 1 is 0.947 bits per heavy atom. The summed E-state index contributed by atoms with van der Waals surface area (Å²) in [7, 11) is 0. The van der Waals surface area contributed by atoms with Gasteiger partial charge < -0.3 is 5.73 Å². The van der Waals surface area contributed by atoms with Crippen molar-refractivity contribution in [3.63, 3.8) is 0 Å². The highest BCUT2D eigenvalue weighted by molar-refractivity contribution is 5.40. The fraction of sp³-hybridized carbons (Fsp3) is 0.333. The van der Waals surface area contributed by atoms with E-state index in [1.165, 1.54) is 35.1 Å². The molecule has 0 radical (unpaired) electrons. The summed E-state index contributed by atoms with van der Waals surface area (Å²) in [6.45, 7) is 4.29. The Balaban J connectivity index is 1.98. The molecule has 0 heterocycles. The number of hydrogen-bond acceptors (Lipinski definition) is 1. The van der Waals surface area contributed by atoms with E-state index < -0.39 is 0 Å². The predicted molar refractivity (Wildman–Crippen MR) is 80.2 cm³/mol. The topological polar surface area (TPSA) is 26.0 Å². The van der Waals surface area contributed by atoms with Gasteiger partial charge in [0, 0.05) is 11.5 Å². The van der Waals surface area contributed by atoms with Gasteiger partial charge in [0.1, 0.15) is 0 Å². The molecule has 3 rings (SSSR count). The van der Waals surface area contributed by atoms with Gasteiger partial charge in [0.15, 0.2) is 0 Å². The number of rotatable bonds is 3. The van der Waals surface area contributed by atoms with E-state index in [-0.39, 0.29) is 11.5 Å². The van der Waals surface area contributed by atoms with Crippen molar-refractivity contribution in [2.24, 2.45) is 5.73 Å². The molecule has 2 aromatic carbocycles. The number of nitrogens with two attached hydrogens (primary N) is 1. The summed E-state index contributed by atoms with van der Waals surface area (Å²) in [5, 5.41) is 0. The van der Waals surface area contributed by atoms with E-state index in [9.17, 15) is 0 Å². The van der Waals surface area contributed by atoms with Crippen molar-refractivity contribution in [3.05, 3.63) is 70.8 Å². The third-order valence-electron chi connectivity index (χ3n) is 4.34. The molecule has 1 aliphatic rings. The molecule has 0 amide bonds. The first-order valence-corrected chi connectivity index (χ1v) is 7.01. The number of hydrogen-bond donors (Lipinski definition) is 1. The van der Waals surface area contributed by atoms with E-state index in [4.69, 9.17) is 5.73 Å². The van der Waals surface area contributed by atoms with E-state index in [1.807, 2.05) is 0 Å². The highest BCUT2D eigenvalue weighted by Gasteiger charge is 2.49. The molecule has 1 saturated carbocycles. The molecule has 1 unspecified atom stereocenters. The maximum atomic E-state index is 6.61. The predicted octanol–water partition coefficient (Wildman–Crippen LogP) is 4.04. The number of aryl methyl sites for hydroxylation is 2. The summed E-state index contributed by atoms with van der Waals surface area (Å²) in [6.07, 6.45) is 2.40. The van der Waals surface area contributed by atoms with Gasteiger partial charge in [-0.05, 0) is 37.8 Å². The Hall–Kier alpha value is -1.60. The van der Waals surface area contributed by atoms with E-state index in [1.54, 1.807) is 0 Å². The third-order valence-corrected chi connectivity index (χ3v) is 4.34. The summed E-state index contributed by atoms with van der Waals surface area (Å²) < 4.78 is 0. The first kappa shape index (κ1) is 12.4. The standard InChI is InChI=1S/C18H21N/c1-13-10-14(2)12-15(11-13)17(19)18(8-9-18)16-6-4-3-5-7-16/h3-7,10-12,17H,8-9,19H2,1-2H3. The maximum Gasteiger partial charge on any atom is 0.0393 e. The van der Waals surface area contributed by atoms with Gasteiger partial charge in [0.05, 0.1) is 0 Å². The van der Waals surface area contributed by atoms with E-state index in [0.29, 0.717) is 0 Å². The molecule has 19 heavy (non-hydrogen) atoms. The minimum absolute atomic E-state index is 0.105. The van der Waals surface area contributed by atoms with Gasteiger partial charge in [0.2, 0.25) is 0 Å². The van der Waals surface area contributed by atoms with Gasteiger partial charge in [-0.3, -0.25) is 0 Å². The van der Waals surface area contributed by atoms with Crippen LogP contribution in [0.3, 0.4) is 0 Å². The molecule has 2 aromatic rings. The van der Waals surface area contributed by atoms with Crippen molar-refractivity contribution in [3.8, 4) is 0 Å². The zero-order chi connectivity index (χ0) is 13.5. The van der Waals surface area contributed by atoms with Crippen LogP contribution in [0.25, 0.3) is 0 Å². The van der Waals surface area contributed by atoms with Crippen LogP contribution >= 0.6 is 0 Å². The van der Waals surface area contributed by atoms with Gasteiger partial charge in [-0.2, -0.15) is 0 Å². The Morgan fingerprint density at radius 3 is 2.05 bits per heavy atom. The molecule has 1 fully saturated rings. The Bertz CT molecular complexity index is 562. The van der Waals surface area contributed by atoms with Crippen LogP contribution in [0.4, 0.5) is 0 Å². The van der Waals surface area contributed by atoms with Crippen LogP contribution in [0.1, 0.15) is 41.1 Å². The Labute approximate surface area is 115 Å². The van der Waals surface area contributed by atoms with Crippen LogP contribution in [0.2, 0.25) is 0 Å². The van der Waals surface area contributed by atoms with Gasteiger partial charge in [-0.15, -0.1) is 0 Å². The molecular weight excluding hydrogens is 230 g/mol. The van der Waals surface area contributed by atoms with Crippen LogP contribution < -0.4 is 5.73 Å². The van der Waals surface area contributed by atoms with Crippen molar-refractivity contribution in [1.29, 1.82) is 0 Å². The molecule has 0 aromatic heterocycles. The highest BCUT2D eigenvalue weighted by Crippen LogP contribution is 2.55. The van der Waals surface area contributed by atoms with Crippen LogP contribution in [0, 0.1) is 13.8 Å². The Kier molecular flexibility index (Phi) is 2.94. The van der Waals surface area contributed by atoms with Crippen LogP contribution in [0.15, 0.2) is 48.5 Å². The van der Waals surface area contributed by atoms with Crippen molar-refractivity contribution < 1.29 is 0 Å². The van der Waals surface area contributed by atoms with E-state index >= 15 is 0 Å². The summed E-state index contributed by atoms with van der Waals surface area (Å²) in [5.74, 6) is 0. The largest absolute Gasteiger partial charge is 0.323 e. The lowest BCUT2D eigenvalue weighted by molar-refractivity contribution is 0.541. The molecule has 0 spiro atoms. The quantitative estimate of drug-likeness (QED) is 0.875. The molecule has 1 atom stereocenters. The van der Waals surface area contributed by atoms with Crippen molar-refractivity contribution in [2.45, 2.75) is 38.1 Å². The Morgan fingerprint density at radius 2 is 1.53 bits per heavy atom. The van der Waals surface area contributed by atoms with Gasteiger partial charge in [0.25, 0.3) is 0 Å². The van der Waals surface area contributed by atoms with Crippen LogP contribution in [0.5, 0.6) is 0 Å². The zero-order valence-corrected chi connectivity index (χ0v) is 11.7. The molecule has 1 nitrogen and oxygen atoms in total. The molecular formula is C18H21N.